The number of carbonyl (C=O) groups is 1. The van der Waals surface area contributed by atoms with Gasteiger partial charge in [0, 0.05) is 35.8 Å². The minimum absolute atomic E-state index is 0. The first kappa shape index (κ1) is 21.4. The van der Waals surface area contributed by atoms with Crippen LogP contribution in [0, 0.1) is 0 Å². The Hall–Kier alpha value is -1.95. The fourth-order valence-electron chi connectivity index (χ4n) is 3.37. The molecule has 2 aromatic rings. The summed E-state index contributed by atoms with van der Waals surface area (Å²) >= 11 is 6.10. The van der Waals surface area contributed by atoms with Crippen LogP contribution in [0.1, 0.15) is 17.2 Å². The third-order valence-electron chi connectivity index (χ3n) is 4.65. The van der Waals surface area contributed by atoms with E-state index in [4.69, 9.17) is 21.1 Å². The van der Waals surface area contributed by atoms with Gasteiger partial charge in [-0.25, -0.2) is 0 Å². The highest BCUT2D eigenvalue weighted by Crippen LogP contribution is 2.31. The first-order valence-electron chi connectivity index (χ1n) is 8.59. The van der Waals surface area contributed by atoms with Crippen molar-refractivity contribution in [2.45, 2.75) is 12.5 Å². The molecule has 0 spiro atoms. The Kier molecular flexibility index (Phi) is 7.78. The molecule has 7 heteroatoms. The zero-order valence-corrected chi connectivity index (χ0v) is 17.0. The number of ether oxygens (including phenoxy) is 2. The number of hydrogen-bond acceptors (Lipinski definition) is 4. The summed E-state index contributed by atoms with van der Waals surface area (Å²) in [5, 5.41) is 3.96. The van der Waals surface area contributed by atoms with Crippen molar-refractivity contribution in [1.82, 2.24) is 10.2 Å². The van der Waals surface area contributed by atoms with Crippen molar-refractivity contribution in [2.75, 3.05) is 33.9 Å². The molecule has 3 rings (SSSR count). The molecule has 27 heavy (non-hydrogen) atoms. The minimum atomic E-state index is -0.0717. The summed E-state index contributed by atoms with van der Waals surface area (Å²) in [5.74, 6) is 1.51. The van der Waals surface area contributed by atoms with Crippen molar-refractivity contribution in [3.63, 3.8) is 0 Å². The van der Waals surface area contributed by atoms with E-state index in [9.17, 15) is 4.79 Å². The summed E-state index contributed by atoms with van der Waals surface area (Å²) in [6, 6.07) is 13.1. The zero-order chi connectivity index (χ0) is 18.5. The molecule has 1 aliphatic rings. The molecule has 0 bridgehead atoms. The number of carbonyl (C=O) groups excluding carboxylic acids is 1. The molecule has 1 amide bonds. The van der Waals surface area contributed by atoms with Crippen LogP contribution in [0.4, 0.5) is 0 Å². The number of hydrogen-bond donors (Lipinski definition) is 1. The third kappa shape index (κ3) is 4.86. The van der Waals surface area contributed by atoms with Gasteiger partial charge in [-0.1, -0.05) is 29.8 Å². The molecular formula is C20H24Cl2N2O3. The van der Waals surface area contributed by atoms with E-state index in [1.165, 1.54) is 0 Å². The lowest BCUT2D eigenvalue weighted by Crippen LogP contribution is -2.49. The lowest BCUT2D eigenvalue weighted by Gasteiger charge is -2.37. The Labute approximate surface area is 171 Å². The predicted octanol–water partition coefficient (Wildman–Crippen LogP) is 3.49. The molecule has 1 fully saturated rings. The van der Waals surface area contributed by atoms with Gasteiger partial charge in [-0.15, -0.1) is 12.4 Å². The molecular weight excluding hydrogens is 387 g/mol. The molecule has 0 radical (unpaired) electrons. The summed E-state index contributed by atoms with van der Waals surface area (Å²) in [5.41, 5.74) is 1.80. The standard InChI is InChI=1S/C20H23ClN2O3.ClH/c1-25-18-8-7-15(21)11-14(18)12-20(24)23-10-9-22-13-17(23)16-5-3-4-6-19(16)26-2;/h3-8,11,17,22H,9-10,12-13H2,1-2H3;1H. The average Bonchev–Trinajstić information content (AvgIpc) is 2.68. The van der Waals surface area contributed by atoms with E-state index in [1.807, 2.05) is 29.2 Å². The lowest BCUT2D eigenvalue weighted by molar-refractivity contribution is -0.133. The van der Waals surface area contributed by atoms with Gasteiger partial charge in [0.05, 0.1) is 26.7 Å². The number of rotatable bonds is 5. The van der Waals surface area contributed by atoms with Crippen molar-refractivity contribution in [2.24, 2.45) is 0 Å². The van der Waals surface area contributed by atoms with Gasteiger partial charge in [-0.2, -0.15) is 0 Å². The Morgan fingerprint density at radius 3 is 2.67 bits per heavy atom. The smallest absolute Gasteiger partial charge is 0.227 e. The van der Waals surface area contributed by atoms with Gasteiger partial charge in [-0.3, -0.25) is 4.79 Å². The van der Waals surface area contributed by atoms with E-state index < -0.39 is 0 Å². The van der Waals surface area contributed by atoms with Gasteiger partial charge < -0.3 is 19.7 Å². The average molecular weight is 411 g/mol. The number of benzene rings is 2. The summed E-state index contributed by atoms with van der Waals surface area (Å²) in [4.78, 5) is 15.0. The van der Waals surface area contributed by atoms with Gasteiger partial charge in [0.15, 0.2) is 0 Å². The van der Waals surface area contributed by atoms with Crippen LogP contribution in [-0.2, 0) is 11.2 Å². The van der Waals surface area contributed by atoms with Gasteiger partial charge in [0.2, 0.25) is 5.91 Å². The summed E-state index contributed by atoms with van der Waals surface area (Å²) < 4.78 is 10.9. The molecule has 1 heterocycles. The number of piperazine rings is 1. The molecule has 0 aliphatic carbocycles. The van der Waals surface area contributed by atoms with E-state index in [1.54, 1.807) is 32.4 Å². The van der Waals surface area contributed by atoms with Crippen molar-refractivity contribution in [1.29, 1.82) is 0 Å². The van der Waals surface area contributed by atoms with Crippen LogP contribution < -0.4 is 14.8 Å². The van der Waals surface area contributed by atoms with Crippen molar-refractivity contribution >= 4 is 29.9 Å². The van der Waals surface area contributed by atoms with Gasteiger partial charge in [-0.05, 0) is 24.3 Å². The maximum atomic E-state index is 13.1. The van der Waals surface area contributed by atoms with E-state index in [2.05, 4.69) is 5.32 Å². The van der Waals surface area contributed by atoms with E-state index in [-0.39, 0.29) is 30.8 Å². The fourth-order valence-corrected chi connectivity index (χ4v) is 3.57. The van der Waals surface area contributed by atoms with E-state index in [0.29, 0.717) is 23.9 Å². The molecule has 0 saturated carbocycles. The fraction of sp³-hybridized carbons (Fsp3) is 0.350. The van der Waals surface area contributed by atoms with Crippen LogP contribution in [0.25, 0.3) is 0 Å². The van der Waals surface area contributed by atoms with Crippen molar-refractivity contribution < 1.29 is 14.3 Å². The van der Waals surface area contributed by atoms with E-state index >= 15 is 0 Å². The van der Waals surface area contributed by atoms with Gasteiger partial charge >= 0.3 is 0 Å². The molecule has 1 aliphatic heterocycles. The zero-order valence-electron chi connectivity index (χ0n) is 15.4. The lowest BCUT2D eigenvalue weighted by atomic mass is 10.0. The Bertz CT molecular complexity index is 786. The predicted molar refractivity (Wildman–Crippen MR) is 109 cm³/mol. The van der Waals surface area contributed by atoms with E-state index in [0.717, 1.165) is 23.4 Å². The van der Waals surface area contributed by atoms with Crippen LogP contribution in [0.3, 0.4) is 0 Å². The maximum Gasteiger partial charge on any atom is 0.227 e. The minimum Gasteiger partial charge on any atom is -0.496 e. The normalized spacial score (nSPS) is 16.4. The number of nitrogens with zero attached hydrogens (tertiary/aromatic N) is 1. The van der Waals surface area contributed by atoms with Crippen molar-refractivity contribution in [3.05, 3.63) is 58.6 Å². The Morgan fingerprint density at radius 1 is 1.19 bits per heavy atom. The first-order chi connectivity index (χ1) is 12.6. The molecule has 1 unspecified atom stereocenters. The second kappa shape index (κ2) is 9.83. The highest BCUT2D eigenvalue weighted by molar-refractivity contribution is 6.30. The summed E-state index contributed by atoms with van der Waals surface area (Å²) in [7, 11) is 3.25. The second-order valence-electron chi connectivity index (χ2n) is 6.18. The Balaban J connectivity index is 0.00000261. The number of methoxy groups -OCH3 is 2. The summed E-state index contributed by atoms with van der Waals surface area (Å²) in [6.07, 6.45) is 0.245. The molecule has 1 atom stereocenters. The van der Waals surface area contributed by atoms with Gasteiger partial charge in [0.25, 0.3) is 0 Å². The van der Waals surface area contributed by atoms with Crippen LogP contribution in [0.15, 0.2) is 42.5 Å². The highest BCUT2D eigenvalue weighted by atomic mass is 35.5. The molecule has 1 saturated heterocycles. The molecule has 5 nitrogen and oxygen atoms in total. The Morgan fingerprint density at radius 2 is 1.93 bits per heavy atom. The topological polar surface area (TPSA) is 50.8 Å². The number of amides is 1. The number of para-hydroxylation sites is 1. The quantitative estimate of drug-likeness (QED) is 0.819. The SMILES string of the molecule is COc1ccc(Cl)cc1CC(=O)N1CCNCC1c1ccccc1OC.Cl. The number of nitrogens with one attached hydrogen (secondary N) is 1. The third-order valence-corrected chi connectivity index (χ3v) is 4.88. The largest absolute Gasteiger partial charge is 0.496 e. The van der Waals surface area contributed by atoms with Crippen LogP contribution in [0.5, 0.6) is 11.5 Å². The van der Waals surface area contributed by atoms with Crippen LogP contribution >= 0.6 is 24.0 Å². The maximum absolute atomic E-state index is 13.1. The molecule has 1 N–H and O–H groups in total. The highest BCUT2D eigenvalue weighted by Gasteiger charge is 2.30. The monoisotopic (exact) mass is 410 g/mol. The van der Waals surface area contributed by atoms with Gasteiger partial charge in [0.1, 0.15) is 11.5 Å². The molecule has 0 aromatic heterocycles. The molecule has 146 valence electrons. The van der Waals surface area contributed by atoms with Crippen molar-refractivity contribution in [3.8, 4) is 11.5 Å². The molecule has 2 aromatic carbocycles. The second-order valence-corrected chi connectivity index (χ2v) is 6.62. The first-order valence-corrected chi connectivity index (χ1v) is 8.97. The van der Waals surface area contributed by atoms with Crippen LogP contribution in [0.2, 0.25) is 5.02 Å². The summed E-state index contributed by atoms with van der Waals surface area (Å²) in [6.45, 7) is 2.10. The number of halogens is 2. The van der Waals surface area contributed by atoms with Crippen LogP contribution in [-0.4, -0.2) is 44.7 Å².